The minimum atomic E-state index is -2.99. The van der Waals surface area contributed by atoms with Crippen molar-refractivity contribution in [3.63, 3.8) is 0 Å². The summed E-state index contributed by atoms with van der Waals surface area (Å²) in [4.78, 5) is 41.6. The first-order valence-corrected chi connectivity index (χ1v) is 11.6. The average Bonchev–Trinajstić information content (AvgIpc) is 3.20. The molecule has 0 radical (unpaired) electrons. The molecule has 35 heavy (non-hydrogen) atoms. The van der Waals surface area contributed by atoms with E-state index in [1.165, 1.54) is 49.5 Å². The largest absolute Gasteiger partial charge is 1.00 e. The smallest absolute Gasteiger partial charge is 1.00 e. The molecule has 10 nitrogen and oxygen atoms in total. The van der Waals surface area contributed by atoms with Gasteiger partial charge in [0.2, 0.25) is 0 Å². The SMILES string of the molecule is CNc1cc2[nH]c(=O)n(-c3ccc(N(C(=O)N=S(=O)=O)c4ccc(Cl)s4)cc3)c(=O)c2cc1F.[H-].[Na+]. The zero-order valence-electron chi connectivity index (χ0n) is 19.1. The number of thiophene rings is 1. The van der Waals surface area contributed by atoms with Gasteiger partial charge in [-0.05, 0) is 48.5 Å². The summed E-state index contributed by atoms with van der Waals surface area (Å²) in [6.07, 6.45) is 0. The van der Waals surface area contributed by atoms with Crippen molar-refractivity contribution in [2.75, 3.05) is 17.3 Å². The number of anilines is 3. The van der Waals surface area contributed by atoms with E-state index in [1.54, 1.807) is 0 Å². The van der Waals surface area contributed by atoms with Gasteiger partial charge >= 0.3 is 51.8 Å². The molecule has 2 aromatic carbocycles. The summed E-state index contributed by atoms with van der Waals surface area (Å²) in [5, 5.41) is 2.89. The summed E-state index contributed by atoms with van der Waals surface area (Å²) in [5.74, 6) is -0.663. The Labute approximate surface area is 230 Å². The standard InChI is InChI=1S/C20H13ClFN5O5S2.Na.H/c1-23-15-9-14-12(8-13(15)22)18(28)27(19(29)24-14)11-4-2-10(3-5-11)26(20(30)25-34(31)32)17-7-6-16(21)33-17;;/h2-9,23H,1H3,(H,24,29);;/q;+1;-1. The van der Waals surface area contributed by atoms with Crippen molar-refractivity contribution < 1.29 is 48.6 Å². The monoisotopic (exact) mass is 545 g/mol. The van der Waals surface area contributed by atoms with Gasteiger partial charge in [-0.3, -0.25) is 9.69 Å². The molecule has 2 heterocycles. The molecule has 2 amide bonds. The molecule has 0 aliphatic heterocycles. The molecule has 0 saturated heterocycles. The minimum absolute atomic E-state index is 0. The van der Waals surface area contributed by atoms with Gasteiger partial charge in [-0.1, -0.05) is 16.0 Å². The van der Waals surface area contributed by atoms with Crippen molar-refractivity contribution in [3.8, 4) is 5.69 Å². The Morgan fingerprint density at radius 3 is 2.46 bits per heavy atom. The number of aromatic nitrogens is 2. The molecule has 2 N–H and O–H groups in total. The number of hydrogen-bond donors (Lipinski definition) is 2. The minimum Gasteiger partial charge on any atom is -1.00 e. The molecule has 176 valence electrons. The quantitative estimate of drug-likeness (QED) is 0.368. The molecule has 0 fully saturated rings. The topological polar surface area (TPSA) is 134 Å². The first-order valence-electron chi connectivity index (χ1n) is 9.37. The van der Waals surface area contributed by atoms with E-state index >= 15 is 0 Å². The number of fused-ring (bicyclic) bond motifs is 1. The molecule has 15 heteroatoms. The zero-order valence-corrected chi connectivity index (χ0v) is 22.5. The van der Waals surface area contributed by atoms with Crippen molar-refractivity contribution in [3.05, 3.63) is 79.5 Å². The average molecular weight is 546 g/mol. The van der Waals surface area contributed by atoms with E-state index in [-0.39, 0.29) is 58.9 Å². The second kappa shape index (κ2) is 10.8. The summed E-state index contributed by atoms with van der Waals surface area (Å²) in [6, 6.07) is 9.83. The number of amides is 2. The maximum absolute atomic E-state index is 14.2. The summed E-state index contributed by atoms with van der Waals surface area (Å²) in [7, 11) is -1.48. The Bertz CT molecular complexity index is 1700. The number of benzene rings is 2. The molecule has 4 rings (SSSR count). The van der Waals surface area contributed by atoms with Crippen LogP contribution in [0, 0.1) is 5.82 Å². The third-order valence-corrected chi connectivity index (χ3v) is 6.27. The second-order valence-electron chi connectivity index (χ2n) is 6.72. The molecule has 0 atom stereocenters. The molecule has 0 spiro atoms. The summed E-state index contributed by atoms with van der Waals surface area (Å²) in [6.45, 7) is 0. The van der Waals surface area contributed by atoms with Crippen LogP contribution >= 0.6 is 22.9 Å². The molecule has 2 aromatic heterocycles. The van der Waals surface area contributed by atoms with Crippen LogP contribution in [0.3, 0.4) is 0 Å². The van der Waals surface area contributed by atoms with Gasteiger partial charge in [0.25, 0.3) is 5.56 Å². The fraction of sp³-hybridized carbons (Fsp3) is 0.0500. The van der Waals surface area contributed by atoms with Gasteiger partial charge in [0.15, 0.2) is 0 Å². The van der Waals surface area contributed by atoms with Crippen LogP contribution in [0.5, 0.6) is 0 Å². The Balaban J connectivity index is 0.00000228. The Hall–Kier alpha value is -2.81. The van der Waals surface area contributed by atoms with Crippen molar-refractivity contribution in [2.24, 2.45) is 4.36 Å². The number of nitrogens with one attached hydrogen (secondary N) is 2. The fourth-order valence-corrected chi connectivity index (χ4v) is 4.53. The van der Waals surface area contributed by atoms with E-state index < -0.39 is 33.6 Å². The fourth-order valence-electron chi connectivity index (χ4n) is 3.28. The molecule has 0 aliphatic rings. The Morgan fingerprint density at radius 2 is 1.89 bits per heavy atom. The van der Waals surface area contributed by atoms with Crippen LogP contribution in [-0.4, -0.2) is 31.0 Å². The van der Waals surface area contributed by atoms with Crippen LogP contribution in [-0.2, 0) is 10.5 Å². The van der Waals surface area contributed by atoms with E-state index in [0.29, 0.717) is 9.34 Å². The third-order valence-electron chi connectivity index (χ3n) is 4.74. The molecule has 0 unspecified atom stereocenters. The number of halogens is 2. The predicted octanol–water partition coefficient (Wildman–Crippen LogP) is 1.01. The van der Waals surface area contributed by atoms with Crippen LogP contribution in [0.4, 0.5) is 25.6 Å². The molecular weight excluding hydrogens is 532 g/mol. The second-order valence-corrected chi connectivity index (χ2v) is 9.03. The van der Waals surface area contributed by atoms with Crippen LogP contribution in [0.1, 0.15) is 1.43 Å². The van der Waals surface area contributed by atoms with Crippen molar-refractivity contribution in [1.29, 1.82) is 0 Å². The van der Waals surface area contributed by atoms with Gasteiger partial charge in [-0.25, -0.2) is 18.5 Å². The first-order chi connectivity index (χ1) is 16.2. The van der Waals surface area contributed by atoms with Crippen LogP contribution < -0.4 is 51.0 Å². The zero-order chi connectivity index (χ0) is 24.6. The Morgan fingerprint density at radius 1 is 1.20 bits per heavy atom. The van der Waals surface area contributed by atoms with Gasteiger partial charge in [0.05, 0.1) is 32.3 Å². The van der Waals surface area contributed by atoms with Crippen molar-refractivity contribution in [1.82, 2.24) is 9.55 Å². The summed E-state index contributed by atoms with van der Waals surface area (Å²) < 4.78 is 40.2. The predicted molar refractivity (Wildman–Crippen MR) is 129 cm³/mol. The molecule has 0 bridgehead atoms. The first kappa shape index (κ1) is 26.8. The third kappa shape index (κ3) is 5.39. The molecular formula is C20H14ClFN5NaO5S2. The van der Waals surface area contributed by atoms with Crippen LogP contribution in [0.2, 0.25) is 4.34 Å². The maximum Gasteiger partial charge on any atom is 1.00 e. The number of urea groups is 1. The molecule has 0 saturated carbocycles. The number of nitrogens with zero attached hydrogens (tertiary/aromatic N) is 3. The number of H-pyrrole nitrogens is 1. The van der Waals surface area contributed by atoms with E-state index in [4.69, 9.17) is 11.6 Å². The summed E-state index contributed by atoms with van der Waals surface area (Å²) >= 11 is 6.96. The van der Waals surface area contributed by atoms with E-state index in [9.17, 15) is 27.2 Å². The van der Waals surface area contributed by atoms with Gasteiger partial charge in [-0.15, -0.1) is 11.3 Å². The van der Waals surface area contributed by atoms with Gasteiger partial charge < -0.3 is 11.7 Å². The maximum atomic E-state index is 14.2. The molecule has 4 aromatic rings. The van der Waals surface area contributed by atoms with E-state index in [2.05, 4.69) is 14.7 Å². The van der Waals surface area contributed by atoms with Crippen molar-refractivity contribution in [2.45, 2.75) is 0 Å². The van der Waals surface area contributed by atoms with Crippen LogP contribution in [0.15, 0.2) is 62.5 Å². The summed E-state index contributed by atoms with van der Waals surface area (Å²) in [5.41, 5.74) is -0.886. The van der Waals surface area contributed by atoms with Crippen LogP contribution in [0.25, 0.3) is 16.6 Å². The van der Waals surface area contributed by atoms with E-state index in [0.717, 1.165) is 26.9 Å². The number of aromatic amines is 1. The molecule has 0 aliphatic carbocycles. The normalized spacial score (nSPS) is 10.5. The number of hydrogen-bond acceptors (Lipinski definition) is 7. The van der Waals surface area contributed by atoms with Gasteiger partial charge in [0, 0.05) is 7.05 Å². The van der Waals surface area contributed by atoms with Gasteiger partial charge in [0.1, 0.15) is 10.8 Å². The van der Waals surface area contributed by atoms with E-state index in [1.807, 2.05) is 0 Å². The number of rotatable bonds is 4. The van der Waals surface area contributed by atoms with Crippen molar-refractivity contribution >= 4 is 66.7 Å². The number of carbonyl (C=O) groups is 1. The Kier molecular flexibility index (Phi) is 8.30. The number of carbonyl (C=O) groups excluding carboxylic acids is 1. The van der Waals surface area contributed by atoms with Gasteiger partial charge in [-0.2, -0.15) is 8.42 Å².